The van der Waals surface area contributed by atoms with Gasteiger partial charge in [-0.3, -0.25) is 0 Å². The number of nitrogens with two attached hydrogens (primary N) is 3. The summed E-state index contributed by atoms with van der Waals surface area (Å²) in [5.41, 5.74) is 74.3. The number of rotatable bonds is 51. The van der Waals surface area contributed by atoms with Gasteiger partial charge in [0.1, 0.15) is 0 Å². The molecule has 139 heavy (non-hydrogen) atoms. The first-order valence-electron chi connectivity index (χ1n) is 54.1. The fourth-order valence-electron chi connectivity index (χ4n) is 32.7. The van der Waals surface area contributed by atoms with E-state index in [1.54, 1.807) is 0 Å². The van der Waals surface area contributed by atoms with Crippen molar-refractivity contribution in [2.24, 2.45) is 187 Å². The van der Waals surface area contributed by atoms with Crippen LogP contribution in [0.15, 0.2) is 91.3 Å². The molecule has 12 saturated carbocycles. The van der Waals surface area contributed by atoms with Gasteiger partial charge in [-0.1, -0.05) is 154 Å². The second-order valence-corrected chi connectivity index (χ2v) is 45.8. The van der Waals surface area contributed by atoms with E-state index in [2.05, 4.69) is 207 Å². The van der Waals surface area contributed by atoms with Crippen LogP contribution in [-0.4, -0.2) is 222 Å². The smallest absolute Gasteiger partial charge is 0.0637 e. The topological polar surface area (TPSA) is 480 Å². The zero-order valence-corrected chi connectivity index (χ0v) is 86.5. The molecule has 33 atom stereocenters. The van der Waals surface area contributed by atoms with Crippen molar-refractivity contribution in [1.29, 1.82) is 0 Å². The monoisotopic (exact) mass is 1930 g/mol. The molecule has 2 aromatic carbocycles. The van der Waals surface area contributed by atoms with Crippen molar-refractivity contribution in [3.63, 3.8) is 0 Å². The van der Waals surface area contributed by atoms with E-state index in [4.69, 9.17) is 93.0 Å². The lowest BCUT2D eigenvalue weighted by Crippen LogP contribution is -2.63. The summed E-state index contributed by atoms with van der Waals surface area (Å²) in [4.78, 5) is 22.5. The van der Waals surface area contributed by atoms with Gasteiger partial charge >= 0.3 is 0 Å². The minimum atomic E-state index is -0.0520. The van der Waals surface area contributed by atoms with Gasteiger partial charge in [0.05, 0.1) is 114 Å². The largest absolute Gasteiger partial charge is 0.396 e. The van der Waals surface area contributed by atoms with Crippen LogP contribution >= 0.6 is 0 Å². The number of benzene rings is 2. The number of hydrogen-bond acceptors (Lipinski definition) is 21. The molecule has 12 aliphatic carbocycles. The highest BCUT2D eigenvalue weighted by molar-refractivity contribution is 5.21. The highest BCUT2D eigenvalue weighted by Crippen LogP contribution is 2.74. The Hall–Kier alpha value is -6.30. The van der Waals surface area contributed by atoms with E-state index in [1.165, 1.54) is 62.5 Å². The van der Waals surface area contributed by atoms with Crippen molar-refractivity contribution in [3.05, 3.63) is 134 Å². The Bertz CT molecular complexity index is 4340. The molecule has 0 aromatic heterocycles. The maximum absolute atomic E-state index is 9.57. The van der Waals surface area contributed by atoms with E-state index in [0.29, 0.717) is 231 Å². The summed E-state index contributed by atoms with van der Waals surface area (Å²) in [6.07, 6.45) is 30.9. The minimum absolute atomic E-state index is 0.0237. The molecule has 12 fully saturated rings. The van der Waals surface area contributed by atoms with Gasteiger partial charge in [0.15, 0.2) is 0 Å². The molecular formula is C106H177N23O10. The Balaban J connectivity index is 0.000000188. The third-order valence-electron chi connectivity index (χ3n) is 39.0. The number of aliphatic hydroxyl groups is 1. The third kappa shape index (κ3) is 26.6. The predicted molar refractivity (Wildman–Crippen MR) is 545 cm³/mol. The lowest BCUT2D eigenvalue weighted by Gasteiger charge is -2.64. The molecule has 0 bridgehead atoms. The molecule has 0 amide bonds. The van der Waals surface area contributed by atoms with E-state index in [0.717, 1.165) is 148 Å². The Labute approximate surface area is 830 Å². The molecule has 3 unspecified atom stereocenters. The van der Waals surface area contributed by atoms with Gasteiger partial charge in [-0.15, -0.1) is 0 Å². The first kappa shape index (κ1) is 111. The van der Waals surface area contributed by atoms with Gasteiger partial charge in [0, 0.05) is 124 Å². The van der Waals surface area contributed by atoms with E-state index in [9.17, 15) is 5.11 Å². The average Bonchev–Trinajstić information content (AvgIpc) is 1.64. The SMILES string of the molecule is C[C@H](CCCN(C)Cc1ccccc1)[C@H]1CC[C@H]2[C@@H]3[C@H](OCCN)C[C@@H]4CC(OCCN)CC[C@]4(C)[C@H]3C[C@H](OCCN)[C@]12C.C[C@H](CCCN(C)Cc1ccccc1)[C@H]1CC[C@H]2[C@@H]3[C@H](OCCN=[N+]=[N-])C[C@@H]4CC(OCCN=[N+]=[N-])CC[C@]4(C)[C@H]3C[C@H](OCCN=[N+]=[N-])[C@]12C.C[C@H](CCCO)[C@H]1CC[C@H]2[C@@H]3[C@H](OCCN=[N+]=[N-])C[C@@H]4CC(OCCN=[N+]=[N-])CC[C@]4(C)[C@H]3C[C@H](OCCN=[N+]=[N-])[C@]12C. The molecule has 0 saturated heterocycles. The molecule has 33 nitrogen and oxygen atoms in total. The number of aliphatic hydroxyl groups excluding tert-OH is 1. The summed E-state index contributed by atoms with van der Waals surface area (Å²) in [6, 6.07) is 21.5. The summed E-state index contributed by atoms with van der Waals surface area (Å²) in [5, 5.41) is 32.0. The average molecular weight is 1930 g/mol. The van der Waals surface area contributed by atoms with Crippen LogP contribution in [0.25, 0.3) is 62.7 Å². The number of fused-ring (bicyclic) bond motifs is 15. The van der Waals surface area contributed by atoms with Crippen LogP contribution in [0.3, 0.4) is 0 Å². The van der Waals surface area contributed by atoms with Gasteiger partial charge < -0.3 is 74.7 Å². The normalized spacial score (nSPS) is 37.2. The number of azide groups is 6. The van der Waals surface area contributed by atoms with Crippen LogP contribution in [0, 0.1) is 139 Å². The molecule has 33 heteroatoms. The van der Waals surface area contributed by atoms with Gasteiger partial charge in [0.2, 0.25) is 0 Å². The maximum atomic E-state index is 9.57. The van der Waals surface area contributed by atoms with E-state index in [1.807, 2.05) is 0 Å². The van der Waals surface area contributed by atoms with Gasteiger partial charge in [-0.25, -0.2) is 0 Å². The first-order chi connectivity index (χ1) is 67.4. The molecule has 12 aliphatic rings. The Kier molecular flexibility index (Phi) is 43.5. The second kappa shape index (κ2) is 54.2. The fourth-order valence-corrected chi connectivity index (χ4v) is 32.7. The summed E-state index contributed by atoms with van der Waals surface area (Å²) >= 11 is 0. The molecule has 2 aromatic rings. The van der Waals surface area contributed by atoms with E-state index >= 15 is 0 Å². The van der Waals surface area contributed by atoms with Crippen molar-refractivity contribution < 1.29 is 47.7 Å². The minimum Gasteiger partial charge on any atom is -0.396 e. The summed E-state index contributed by atoms with van der Waals surface area (Å²) in [7, 11) is 4.49. The van der Waals surface area contributed by atoms with Gasteiger partial charge in [-0.2, -0.15) is 0 Å². The standard InChI is InChI=1S/C38H60N10O3.C38H66N4O3.C30H51N9O4/c1-27(9-8-19-48(4)26-28-10-6-5-7-11-28)31-12-13-32-36-33(25-35(38(31,32)3)51-22-18-44-47-41)37(2)15-14-30(49-20-16-42-45-39)23-29(37)24-34(36)50-21-17-43-46-40;1-27(9-8-19-42(4)26-28-10-6-5-7-11-28)31-12-13-32-36-33(25-35(38(31,32)3)45-22-18-41)37(2)15-14-30(43-20-16-39)23-29(37)24-34(36)44-21-17-40;1-20(5-4-13-40)23-6-7-24-28-25(19-27(30(23,24)3)43-16-12-36-39-33)29(2)9-8-22(41-14-10-34-37-31)17-21(29)18-26(28)42-15-11-35-38-32/h5-7,10-11,27,29-36H,8-9,12-26H2,1-4H3;5-7,10-11,27,29-36H,8-9,12-26,39-41H2,1-4H3;20-28,40H,4-19H2,1-3H3/t2*27-,29+,30?,31-,32+,33+,34-,35+,36+,37+,38-;20-,21+,22?,23-,24+,25+,26-,27+,28+,29+,30-/m111/s1. The number of hydrogen-bond donors (Lipinski definition) is 4. The molecule has 14 rings (SSSR count). The summed E-state index contributed by atoms with van der Waals surface area (Å²) < 4.78 is 59.3. The number of nitrogens with zero attached hydrogens (tertiary/aromatic N) is 20. The molecule has 0 heterocycles. The lowest BCUT2D eigenvalue weighted by molar-refractivity contribution is -0.226. The highest BCUT2D eigenvalue weighted by atomic mass is 16.5. The van der Waals surface area contributed by atoms with Crippen molar-refractivity contribution in [3.8, 4) is 0 Å². The van der Waals surface area contributed by atoms with Gasteiger partial charge in [0.25, 0.3) is 0 Å². The van der Waals surface area contributed by atoms with Crippen molar-refractivity contribution in [2.75, 3.05) is 152 Å². The van der Waals surface area contributed by atoms with E-state index < -0.39 is 0 Å². The van der Waals surface area contributed by atoms with Crippen LogP contribution in [0.5, 0.6) is 0 Å². The molecule has 0 radical (unpaired) electrons. The van der Waals surface area contributed by atoms with Crippen LogP contribution in [0.1, 0.15) is 247 Å². The molecule has 0 aliphatic heterocycles. The van der Waals surface area contributed by atoms with Crippen LogP contribution in [0.2, 0.25) is 0 Å². The van der Waals surface area contributed by atoms with E-state index in [-0.39, 0.29) is 87.9 Å². The third-order valence-corrected chi connectivity index (χ3v) is 39.0. The van der Waals surface area contributed by atoms with Crippen LogP contribution < -0.4 is 17.2 Å². The summed E-state index contributed by atoms with van der Waals surface area (Å²) in [6.45, 7) is 35.2. The molecule has 0 spiro atoms. The molecular weight excluding hydrogens is 1760 g/mol. The van der Waals surface area contributed by atoms with Crippen LogP contribution in [0.4, 0.5) is 0 Å². The maximum Gasteiger partial charge on any atom is 0.0637 e. The fraction of sp³-hybridized carbons (Fsp3) is 0.887. The highest BCUT2D eigenvalue weighted by Gasteiger charge is 2.71. The predicted octanol–water partition coefficient (Wildman–Crippen LogP) is 22.3. The second-order valence-electron chi connectivity index (χ2n) is 45.8. The Morgan fingerprint density at radius 3 is 0.935 bits per heavy atom. The molecule has 776 valence electrons. The zero-order valence-electron chi connectivity index (χ0n) is 86.5. The van der Waals surface area contributed by atoms with Gasteiger partial charge in [-0.05, 0) is 368 Å². The Morgan fingerprint density at radius 2 is 0.626 bits per heavy atom. The zero-order chi connectivity index (χ0) is 99.2. The quantitative estimate of drug-likeness (QED) is 0.0207. The summed E-state index contributed by atoms with van der Waals surface area (Å²) in [5.74, 6) is 9.07. The molecule has 7 N–H and O–H groups in total. The van der Waals surface area contributed by atoms with Crippen molar-refractivity contribution in [2.45, 2.75) is 304 Å². The van der Waals surface area contributed by atoms with Crippen molar-refractivity contribution in [1.82, 2.24) is 9.80 Å². The van der Waals surface area contributed by atoms with Crippen molar-refractivity contribution >= 4 is 0 Å². The number of ether oxygens (including phenoxy) is 9. The Morgan fingerprint density at radius 1 is 0.353 bits per heavy atom. The first-order valence-corrected chi connectivity index (χ1v) is 54.1. The lowest BCUT2D eigenvalue weighted by atomic mass is 9.43. The van der Waals surface area contributed by atoms with Crippen LogP contribution in [-0.2, 0) is 55.7 Å².